The van der Waals surface area contributed by atoms with E-state index in [0.717, 1.165) is 25.7 Å². The van der Waals surface area contributed by atoms with Gasteiger partial charge in [0.2, 0.25) is 5.91 Å². The van der Waals surface area contributed by atoms with Gasteiger partial charge < -0.3 is 33.6 Å². The second-order valence-electron chi connectivity index (χ2n) is 16.6. The van der Waals surface area contributed by atoms with E-state index in [1.165, 1.54) is 5.56 Å². The molecular formula is C43H61N3O8. The van der Waals surface area contributed by atoms with Gasteiger partial charge in [-0.2, -0.15) is 0 Å². The highest BCUT2D eigenvalue weighted by molar-refractivity contribution is 6.04. The van der Waals surface area contributed by atoms with Crippen molar-refractivity contribution in [3.63, 3.8) is 0 Å². The Morgan fingerprint density at radius 2 is 1.74 bits per heavy atom. The highest BCUT2D eigenvalue weighted by Gasteiger charge is 2.45. The molecular weight excluding hydrogens is 686 g/mol. The molecule has 3 aliphatic rings. The molecule has 2 aromatic rings. The number of rotatable bonds is 17. The summed E-state index contributed by atoms with van der Waals surface area (Å²) in [6, 6.07) is 15.9. The van der Waals surface area contributed by atoms with Gasteiger partial charge in [0.15, 0.2) is 5.60 Å². The minimum atomic E-state index is -1.03. The molecule has 2 fully saturated rings. The first-order chi connectivity index (χ1) is 25.7. The lowest BCUT2D eigenvalue weighted by molar-refractivity contribution is -0.132. The monoisotopic (exact) mass is 747 g/mol. The molecule has 3 amide bonds. The van der Waals surface area contributed by atoms with Crippen LogP contribution in [-0.2, 0) is 35.0 Å². The first kappa shape index (κ1) is 41.2. The van der Waals surface area contributed by atoms with Crippen molar-refractivity contribution < 1.29 is 38.1 Å². The first-order valence-corrected chi connectivity index (χ1v) is 19.8. The van der Waals surface area contributed by atoms with Crippen LogP contribution < -0.4 is 14.5 Å². The van der Waals surface area contributed by atoms with Crippen molar-refractivity contribution >= 4 is 35.1 Å². The molecule has 0 radical (unpaired) electrons. The van der Waals surface area contributed by atoms with Crippen LogP contribution in [0.1, 0.15) is 92.1 Å². The molecule has 11 heteroatoms. The zero-order valence-corrected chi connectivity index (χ0v) is 33.4. The number of Topliss-reactive ketones (excluding diaryl/α,β-unsaturated/α-hetero) is 1. The molecule has 1 aliphatic carbocycles. The number of fused-ring (bicyclic) bond motifs is 1. The first-order valence-electron chi connectivity index (χ1n) is 19.8. The van der Waals surface area contributed by atoms with E-state index >= 15 is 0 Å². The van der Waals surface area contributed by atoms with E-state index in [0.29, 0.717) is 69.2 Å². The number of hydrogen-bond acceptors (Lipinski definition) is 8. The molecule has 5 rings (SSSR count). The summed E-state index contributed by atoms with van der Waals surface area (Å²) in [6.45, 7) is 13.6. The molecule has 0 spiro atoms. The number of benzene rings is 2. The minimum absolute atomic E-state index is 0.00733. The number of ether oxygens (including phenoxy) is 4. The van der Waals surface area contributed by atoms with Crippen molar-refractivity contribution in [2.45, 2.75) is 110 Å². The Morgan fingerprint density at radius 1 is 1.02 bits per heavy atom. The number of hydrogen-bond donors (Lipinski definition) is 0. The van der Waals surface area contributed by atoms with Crippen LogP contribution in [0.4, 0.5) is 16.2 Å². The quantitative estimate of drug-likeness (QED) is 0.156. The van der Waals surface area contributed by atoms with Crippen LogP contribution in [0.3, 0.4) is 0 Å². The van der Waals surface area contributed by atoms with Crippen molar-refractivity contribution in [1.82, 2.24) is 4.90 Å². The fourth-order valence-corrected chi connectivity index (χ4v) is 7.57. The van der Waals surface area contributed by atoms with E-state index in [4.69, 9.17) is 18.9 Å². The van der Waals surface area contributed by atoms with E-state index in [1.807, 2.05) is 69.0 Å². The van der Waals surface area contributed by atoms with Gasteiger partial charge in [0.1, 0.15) is 17.1 Å². The maximum Gasteiger partial charge on any atom is 0.410 e. The highest BCUT2D eigenvalue weighted by Crippen LogP contribution is 2.43. The maximum absolute atomic E-state index is 14.7. The van der Waals surface area contributed by atoms with Crippen LogP contribution in [0.2, 0.25) is 0 Å². The largest absolute Gasteiger partial charge is 0.476 e. The second-order valence-corrected chi connectivity index (χ2v) is 16.6. The topological polar surface area (TPSA) is 115 Å². The number of nitrogens with zero attached hydrogens (tertiary/aromatic N) is 3. The van der Waals surface area contributed by atoms with Crippen LogP contribution in [0.15, 0.2) is 48.5 Å². The Balaban J connectivity index is 1.35. The molecule has 1 saturated heterocycles. The van der Waals surface area contributed by atoms with Crippen LogP contribution in [0, 0.1) is 17.8 Å². The number of methoxy groups -OCH3 is 1. The van der Waals surface area contributed by atoms with Gasteiger partial charge in [-0.1, -0.05) is 30.3 Å². The molecule has 296 valence electrons. The lowest BCUT2D eigenvalue weighted by atomic mass is 9.83. The van der Waals surface area contributed by atoms with Gasteiger partial charge in [-0.25, -0.2) is 4.79 Å². The number of carbonyl (C=O) groups excluding carboxylic acids is 4. The number of piperidine rings is 1. The summed E-state index contributed by atoms with van der Waals surface area (Å²) in [5.41, 5.74) is 0.775. The van der Waals surface area contributed by atoms with Crippen molar-refractivity contribution in [1.29, 1.82) is 0 Å². The number of carbonyl (C=O) groups is 4. The van der Waals surface area contributed by atoms with Gasteiger partial charge in [0, 0.05) is 70.6 Å². The summed E-state index contributed by atoms with van der Waals surface area (Å²) in [7, 11) is 1.64. The Morgan fingerprint density at radius 3 is 2.41 bits per heavy atom. The number of ketones is 1. The Labute approximate surface area is 321 Å². The normalized spacial score (nSPS) is 20.2. The summed E-state index contributed by atoms with van der Waals surface area (Å²) in [6.07, 6.45) is 4.96. The van der Waals surface area contributed by atoms with E-state index in [2.05, 4.69) is 12.1 Å². The second kappa shape index (κ2) is 18.1. The van der Waals surface area contributed by atoms with Crippen LogP contribution >= 0.6 is 0 Å². The van der Waals surface area contributed by atoms with Crippen molar-refractivity contribution in [3.8, 4) is 5.75 Å². The van der Waals surface area contributed by atoms with E-state index < -0.39 is 29.1 Å². The van der Waals surface area contributed by atoms with Gasteiger partial charge in [-0.05, 0) is 116 Å². The number of likely N-dealkylation sites (tertiary alicyclic amines) is 1. The molecule has 3 atom stereocenters. The summed E-state index contributed by atoms with van der Waals surface area (Å²) in [4.78, 5) is 60.8. The smallest absolute Gasteiger partial charge is 0.410 e. The SMILES string of the molecule is CCOC[C@H](CCCC(=O)[C@H]1C[C@@H](C(=O)N(c2ccc3c(c2)N(CCCOC)C(=O)C(C)(C)O3)C2CC2)CN(C(=O)OC(C)(C)C)C1)Cc1ccccc1. The van der Waals surface area contributed by atoms with Gasteiger partial charge >= 0.3 is 6.09 Å². The summed E-state index contributed by atoms with van der Waals surface area (Å²) < 4.78 is 23.0. The minimum Gasteiger partial charge on any atom is -0.476 e. The molecule has 0 bridgehead atoms. The predicted molar refractivity (Wildman–Crippen MR) is 209 cm³/mol. The molecule has 0 N–H and O–H groups in total. The number of anilines is 2. The molecule has 0 unspecified atom stereocenters. The fourth-order valence-electron chi connectivity index (χ4n) is 7.57. The van der Waals surface area contributed by atoms with Crippen molar-refractivity contribution in [2.75, 3.05) is 56.4 Å². The van der Waals surface area contributed by atoms with E-state index in [1.54, 1.807) is 30.8 Å². The van der Waals surface area contributed by atoms with E-state index in [-0.39, 0.29) is 42.6 Å². The van der Waals surface area contributed by atoms with Crippen LogP contribution in [0.5, 0.6) is 5.75 Å². The molecule has 11 nitrogen and oxygen atoms in total. The summed E-state index contributed by atoms with van der Waals surface area (Å²) in [5, 5.41) is 0. The molecule has 2 heterocycles. The van der Waals surface area contributed by atoms with Gasteiger partial charge in [0.05, 0.1) is 11.6 Å². The molecule has 0 aromatic heterocycles. The van der Waals surface area contributed by atoms with Gasteiger partial charge in [-0.3, -0.25) is 14.4 Å². The van der Waals surface area contributed by atoms with Gasteiger partial charge in [0.25, 0.3) is 5.91 Å². The third-order valence-electron chi connectivity index (χ3n) is 10.4. The fraction of sp³-hybridized carbons (Fsp3) is 0.628. The molecule has 2 aliphatic heterocycles. The van der Waals surface area contributed by atoms with Crippen LogP contribution in [0.25, 0.3) is 0 Å². The lowest BCUT2D eigenvalue weighted by Gasteiger charge is -2.40. The van der Waals surface area contributed by atoms with Crippen molar-refractivity contribution in [3.05, 3.63) is 54.1 Å². The third kappa shape index (κ3) is 10.8. The average molecular weight is 748 g/mol. The van der Waals surface area contributed by atoms with Gasteiger partial charge in [-0.15, -0.1) is 0 Å². The molecule has 54 heavy (non-hydrogen) atoms. The standard InChI is InChI=1S/C43H61N3O8/c1-8-52-29-31(24-30-14-10-9-11-15-30)16-12-17-37(47)32-25-33(28-44(27-32)41(50)54-42(2,3)4)39(48)46(34-18-19-34)35-20-21-38-36(26-35)45(22-13-23-51-7)40(49)43(5,6)53-38/h9-11,14-15,20-21,26,31-34H,8,12-13,16-19,22-25,27-29H2,1-7H3/t31-,32+,33-/m1/s1. The predicted octanol–water partition coefficient (Wildman–Crippen LogP) is 7.23. The maximum atomic E-state index is 14.7. The zero-order valence-electron chi connectivity index (χ0n) is 33.4. The Kier molecular flexibility index (Phi) is 13.8. The molecule has 1 saturated carbocycles. The van der Waals surface area contributed by atoms with Crippen LogP contribution in [-0.4, -0.2) is 92.4 Å². The Bertz CT molecular complexity index is 1600. The molecule has 2 aromatic carbocycles. The highest BCUT2D eigenvalue weighted by atomic mass is 16.6. The zero-order chi connectivity index (χ0) is 39.0. The average Bonchev–Trinajstić information content (AvgIpc) is 3.97. The number of amides is 3. The Hall–Kier alpha value is -3.96. The third-order valence-corrected chi connectivity index (χ3v) is 10.4. The van der Waals surface area contributed by atoms with Crippen molar-refractivity contribution in [2.24, 2.45) is 17.8 Å². The van der Waals surface area contributed by atoms with E-state index in [9.17, 15) is 19.2 Å². The lowest BCUT2D eigenvalue weighted by Crippen LogP contribution is -2.53. The summed E-state index contributed by atoms with van der Waals surface area (Å²) in [5.74, 6) is -0.450. The summed E-state index contributed by atoms with van der Waals surface area (Å²) >= 11 is 0.